The second kappa shape index (κ2) is 8.61. The molecule has 2 aromatic rings. The van der Waals surface area contributed by atoms with Gasteiger partial charge in [-0.15, -0.1) is 0 Å². The standard InChI is InChI=1S/C17H20N4O3/c1-3-9-18-15(22)13-10-19-17(20-11-13)21-14-7-5-12(6-8-14)16(23)24-4-2/h5-8,10-11H,3-4,9H2,1-2H3,(H,18,22)(H,19,20,21). The number of rotatable bonds is 7. The zero-order chi connectivity index (χ0) is 17.4. The fourth-order valence-corrected chi connectivity index (χ4v) is 1.88. The van der Waals surface area contributed by atoms with Crippen LogP contribution in [0.5, 0.6) is 0 Å². The summed E-state index contributed by atoms with van der Waals surface area (Å²) in [5, 5.41) is 5.77. The summed E-state index contributed by atoms with van der Waals surface area (Å²) in [4.78, 5) is 31.6. The molecule has 0 radical (unpaired) electrons. The maximum atomic E-state index is 11.8. The van der Waals surface area contributed by atoms with Crippen LogP contribution in [-0.4, -0.2) is 35.0 Å². The number of nitrogens with zero attached hydrogens (tertiary/aromatic N) is 2. The van der Waals surface area contributed by atoms with Gasteiger partial charge in [-0.05, 0) is 37.6 Å². The first-order valence-electron chi connectivity index (χ1n) is 7.78. The minimum absolute atomic E-state index is 0.192. The Labute approximate surface area is 140 Å². The van der Waals surface area contributed by atoms with E-state index in [0.29, 0.717) is 30.2 Å². The van der Waals surface area contributed by atoms with Crippen LogP contribution in [0, 0.1) is 0 Å². The maximum Gasteiger partial charge on any atom is 0.338 e. The molecule has 0 spiro atoms. The fraction of sp³-hybridized carbons (Fsp3) is 0.294. The Morgan fingerprint density at radius 1 is 1.04 bits per heavy atom. The van der Waals surface area contributed by atoms with Crippen LogP contribution in [0.2, 0.25) is 0 Å². The van der Waals surface area contributed by atoms with Crippen molar-refractivity contribution in [2.75, 3.05) is 18.5 Å². The van der Waals surface area contributed by atoms with E-state index in [1.165, 1.54) is 12.4 Å². The van der Waals surface area contributed by atoms with Gasteiger partial charge in [0.1, 0.15) is 0 Å². The molecule has 1 aromatic carbocycles. The third-order valence-corrected chi connectivity index (χ3v) is 3.10. The van der Waals surface area contributed by atoms with Crippen LogP contribution in [0.1, 0.15) is 41.0 Å². The second-order valence-electron chi connectivity index (χ2n) is 4.97. The van der Waals surface area contributed by atoms with Crippen molar-refractivity contribution in [1.29, 1.82) is 0 Å². The minimum atomic E-state index is -0.359. The van der Waals surface area contributed by atoms with Crippen molar-refractivity contribution in [3.63, 3.8) is 0 Å². The van der Waals surface area contributed by atoms with Crippen LogP contribution in [0.3, 0.4) is 0 Å². The molecule has 0 saturated carbocycles. The van der Waals surface area contributed by atoms with E-state index < -0.39 is 0 Å². The summed E-state index contributed by atoms with van der Waals surface area (Å²) < 4.78 is 4.93. The maximum absolute atomic E-state index is 11.8. The molecule has 0 aliphatic carbocycles. The largest absolute Gasteiger partial charge is 0.462 e. The Hall–Kier alpha value is -2.96. The quantitative estimate of drug-likeness (QED) is 0.759. The van der Waals surface area contributed by atoms with Crippen molar-refractivity contribution in [1.82, 2.24) is 15.3 Å². The molecule has 1 heterocycles. The molecule has 0 unspecified atom stereocenters. The highest BCUT2D eigenvalue weighted by Crippen LogP contribution is 2.14. The Morgan fingerprint density at radius 3 is 2.29 bits per heavy atom. The average Bonchev–Trinajstić information content (AvgIpc) is 2.61. The molecule has 0 fully saturated rings. The van der Waals surface area contributed by atoms with Gasteiger partial charge in [-0.3, -0.25) is 4.79 Å². The summed E-state index contributed by atoms with van der Waals surface area (Å²) >= 11 is 0. The molecular formula is C17H20N4O3. The van der Waals surface area contributed by atoms with Gasteiger partial charge in [0.2, 0.25) is 5.95 Å². The van der Waals surface area contributed by atoms with Crippen LogP contribution in [0.25, 0.3) is 0 Å². The first kappa shape index (κ1) is 17.4. The number of esters is 1. The highest BCUT2D eigenvalue weighted by atomic mass is 16.5. The van der Waals surface area contributed by atoms with Gasteiger partial charge < -0.3 is 15.4 Å². The average molecular weight is 328 g/mol. The highest BCUT2D eigenvalue weighted by molar-refractivity contribution is 5.93. The molecule has 1 amide bonds. The molecule has 7 heteroatoms. The molecule has 2 rings (SSSR count). The number of nitrogens with one attached hydrogen (secondary N) is 2. The fourth-order valence-electron chi connectivity index (χ4n) is 1.88. The lowest BCUT2D eigenvalue weighted by Crippen LogP contribution is -2.24. The van der Waals surface area contributed by atoms with Gasteiger partial charge in [-0.1, -0.05) is 6.92 Å². The minimum Gasteiger partial charge on any atom is -0.462 e. The monoisotopic (exact) mass is 328 g/mol. The van der Waals surface area contributed by atoms with E-state index in [4.69, 9.17) is 4.74 Å². The summed E-state index contributed by atoms with van der Waals surface area (Å²) in [7, 11) is 0. The number of carbonyl (C=O) groups is 2. The van der Waals surface area contributed by atoms with Gasteiger partial charge in [0.05, 0.1) is 17.7 Å². The lowest BCUT2D eigenvalue weighted by Gasteiger charge is -2.07. The van der Waals surface area contributed by atoms with Gasteiger partial charge >= 0.3 is 5.97 Å². The molecular weight excluding hydrogens is 308 g/mol. The molecule has 24 heavy (non-hydrogen) atoms. The van der Waals surface area contributed by atoms with Crippen LogP contribution >= 0.6 is 0 Å². The molecule has 126 valence electrons. The molecule has 0 atom stereocenters. The molecule has 0 saturated heterocycles. The van der Waals surface area contributed by atoms with Crippen LogP contribution < -0.4 is 10.6 Å². The summed E-state index contributed by atoms with van der Waals surface area (Å²) in [5.74, 6) is -0.184. The summed E-state index contributed by atoms with van der Waals surface area (Å²) in [6.07, 6.45) is 3.80. The number of amides is 1. The predicted octanol–water partition coefficient (Wildman–Crippen LogP) is 2.54. The van der Waals surface area contributed by atoms with Gasteiger partial charge in [-0.25, -0.2) is 14.8 Å². The van der Waals surface area contributed by atoms with Crippen LogP contribution in [0.15, 0.2) is 36.7 Å². The van der Waals surface area contributed by atoms with Gasteiger partial charge in [0.25, 0.3) is 5.91 Å². The van der Waals surface area contributed by atoms with Gasteiger partial charge in [0.15, 0.2) is 0 Å². The van der Waals surface area contributed by atoms with Crippen LogP contribution in [0.4, 0.5) is 11.6 Å². The van der Waals surface area contributed by atoms with Gasteiger partial charge in [-0.2, -0.15) is 0 Å². The van der Waals surface area contributed by atoms with Crippen molar-refractivity contribution in [2.45, 2.75) is 20.3 Å². The number of hydrogen-bond donors (Lipinski definition) is 2. The number of anilines is 2. The number of carbonyl (C=O) groups excluding carboxylic acids is 2. The van der Waals surface area contributed by atoms with Gasteiger partial charge in [0, 0.05) is 24.6 Å². The second-order valence-corrected chi connectivity index (χ2v) is 4.97. The third kappa shape index (κ3) is 4.77. The summed E-state index contributed by atoms with van der Waals surface area (Å²) in [6, 6.07) is 6.79. The number of ether oxygens (including phenoxy) is 1. The lowest BCUT2D eigenvalue weighted by molar-refractivity contribution is 0.0526. The predicted molar refractivity (Wildman–Crippen MR) is 90.3 cm³/mol. The van der Waals surface area contributed by atoms with E-state index in [1.54, 1.807) is 31.2 Å². The highest BCUT2D eigenvalue weighted by Gasteiger charge is 2.08. The molecule has 0 bridgehead atoms. The summed E-state index contributed by atoms with van der Waals surface area (Å²) in [6.45, 7) is 4.70. The van der Waals surface area contributed by atoms with E-state index in [1.807, 2.05) is 6.92 Å². The zero-order valence-corrected chi connectivity index (χ0v) is 13.7. The molecule has 2 N–H and O–H groups in total. The smallest absolute Gasteiger partial charge is 0.338 e. The number of aromatic nitrogens is 2. The molecule has 0 aliphatic heterocycles. The van der Waals surface area contributed by atoms with Crippen molar-refractivity contribution in [3.05, 3.63) is 47.8 Å². The van der Waals surface area contributed by atoms with Crippen LogP contribution in [-0.2, 0) is 4.74 Å². The van der Waals surface area contributed by atoms with E-state index >= 15 is 0 Å². The van der Waals surface area contributed by atoms with E-state index in [-0.39, 0.29) is 11.9 Å². The van der Waals surface area contributed by atoms with E-state index in [9.17, 15) is 9.59 Å². The SMILES string of the molecule is CCCNC(=O)c1cnc(Nc2ccc(C(=O)OCC)cc2)nc1. The molecule has 1 aromatic heterocycles. The van der Waals surface area contributed by atoms with E-state index in [0.717, 1.165) is 12.1 Å². The third-order valence-electron chi connectivity index (χ3n) is 3.10. The normalized spacial score (nSPS) is 10.1. The zero-order valence-electron chi connectivity index (χ0n) is 13.7. The number of benzene rings is 1. The Kier molecular flexibility index (Phi) is 6.24. The van der Waals surface area contributed by atoms with Crippen molar-refractivity contribution in [2.24, 2.45) is 0 Å². The summed E-state index contributed by atoms with van der Waals surface area (Å²) in [5.41, 5.74) is 1.61. The Bertz CT molecular complexity index is 684. The van der Waals surface area contributed by atoms with Crippen molar-refractivity contribution >= 4 is 23.5 Å². The molecule has 0 aliphatic rings. The lowest BCUT2D eigenvalue weighted by atomic mass is 10.2. The Morgan fingerprint density at radius 2 is 1.71 bits per heavy atom. The van der Waals surface area contributed by atoms with Crippen molar-refractivity contribution in [3.8, 4) is 0 Å². The Balaban J connectivity index is 1.98. The topological polar surface area (TPSA) is 93.2 Å². The number of hydrogen-bond acceptors (Lipinski definition) is 6. The van der Waals surface area contributed by atoms with Crippen molar-refractivity contribution < 1.29 is 14.3 Å². The molecule has 7 nitrogen and oxygen atoms in total. The first-order valence-corrected chi connectivity index (χ1v) is 7.78. The van der Waals surface area contributed by atoms with E-state index in [2.05, 4.69) is 20.6 Å². The first-order chi connectivity index (χ1) is 11.6.